The monoisotopic (exact) mass is 343 g/mol. The summed E-state index contributed by atoms with van der Waals surface area (Å²) in [6.45, 7) is 3.44. The number of rotatable bonds is 2. The zero-order valence-electron chi connectivity index (χ0n) is 10.3. The summed E-state index contributed by atoms with van der Waals surface area (Å²) in [7, 11) is 0. The summed E-state index contributed by atoms with van der Waals surface area (Å²) >= 11 is 4.21. The minimum absolute atomic E-state index is 0.298. The summed E-state index contributed by atoms with van der Waals surface area (Å²) in [5.41, 5.74) is 7.33. The van der Waals surface area contributed by atoms with Gasteiger partial charge in [0.25, 0.3) is 5.91 Å². The van der Waals surface area contributed by atoms with E-state index in [0.717, 1.165) is 11.3 Å². The average Bonchev–Trinajstić information content (AvgIpc) is 2.65. The Balaban J connectivity index is 2.29. The van der Waals surface area contributed by atoms with Crippen LogP contribution in [0.5, 0.6) is 0 Å². The lowest BCUT2D eigenvalue weighted by Gasteiger charge is -2.08. The van der Waals surface area contributed by atoms with Crippen LogP contribution in [0.25, 0.3) is 0 Å². The number of hydrogen-bond acceptors (Lipinski definition) is 4. The van der Waals surface area contributed by atoms with E-state index in [0.29, 0.717) is 31.4 Å². The van der Waals surface area contributed by atoms with Crippen LogP contribution in [-0.2, 0) is 0 Å². The van der Waals surface area contributed by atoms with Crippen LogP contribution in [0.15, 0.2) is 16.6 Å². The molecule has 0 radical (unpaired) electrons. The van der Waals surface area contributed by atoms with Gasteiger partial charge in [0, 0.05) is 5.69 Å². The summed E-state index contributed by atoms with van der Waals surface area (Å²) in [4.78, 5) is 16.5. The standard InChI is InChI=1S/C12H11BrFN3OS/c1-5-3-8(14)7(13)4-9(5)17-11(18)10-6(2)16-12(15)19-10/h3-4H,1-2H3,(H2,15,16)(H,17,18). The molecule has 1 aromatic heterocycles. The number of thiazole rings is 1. The fourth-order valence-corrected chi connectivity index (χ4v) is 2.66. The molecule has 0 aliphatic rings. The van der Waals surface area contributed by atoms with Gasteiger partial charge in [-0.15, -0.1) is 0 Å². The summed E-state index contributed by atoms with van der Waals surface area (Å²) in [6.07, 6.45) is 0. The number of hydrogen-bond donors (Lipinski definition) is 2. The molecule has 0 unspecified atom stereocenters. The first-order valence-electron chi connectivity index (χ1n) is 5.38. The van der Waals surface area contributed by atoms with Crippen molar-refractivity contribution in [2.75, 3.05) is 11.1 Å². The molecule has 7 heteroatoms. The molecule has 4 nitrogen and oxygen atoms in total. The van der Waals surface area contributed by atoms with Crippen molar-refractivity contribution in [3.63, 3.8) is 0 Å². The van der Waals surface area contributed by atoms with Gasteiger partial charge in [0.05, 0.1) is 10.2 Å². The van der Waals surface area contributed by atoms with E-state index in [-0.39, 0.29) is 11.7 Å². The van der Waals surface area contributed by atoms with Crippen molar-refractivity contribution in [3.05, 3.63) is 38.6 Å². The van der Waals surface area contributed by atoms with E-state index in [2.05, 4.69) is 26.2 Å². The minimum atomic E-state index is -0.367. The van der Waals surface area contributed by atoms with Gasteiger partial charge in [0.2, 0.25) is 0 Å². The lowest BCUT2D eigenvalue weighted by atomic mass is 10.2. The molecular formula is C12H11BrFN3OS. The topological polar surface area (TPSA) is 68.0 Å². The smallest absolute Gasteiger partial charge is 0.267 e. The van der Waals surface area contributed by atoms with Crippen molar-refractivity contribution >= 4 is 44.0 Å². The lowest BCUT2D eigenvalue weighted by molar-refractivity contribution is 0.102. The number of anilines is 2. The molecule has 0 saturated heterocycles. The highest BCUT2D eigenvalue weighted by Crippen LogP contribution is 2.26. The van der Waals surface area contributed by atoms with Crippen LogP contribution in [0.2, 0.25) is 0 Å². The summed E-state index contributed by atoms with van der Waals surface area (Å²) < 4.78 is 13.6. The van der Waals surface area contributed by atoms with Crippen molar-refractivity contribution in [1.29, 1.82) is 0 Å². The van der Waals surface area contributed by atoms with E-state index in [9.17, 15) is 9.18 Å². The van der Waals surface area contributed by atoms with Crippen LogP contribution in [0.4, 0.5) is 15.2 Å². The number of nitrogens with one attached hydrogen (secondary N) is 1. The van der Waals surface area contributed by atoms with Crippen LogP contribution < -0.4 is 11.1 Å². The number of nitrogen functional groups attached to an aromatic ring is 1. The quantitative estimate of drug-likeness (QED) is 0.876. The highest BCUT2D eigenvalue weighted by Gasteiger charge is 2.16. The van der Waals surface area contributed by atoms with E-state index in [4.69, 9.17) is 5.73 Å². The summed E-state index contributed by atoms with van der Waals surface area (Å²) in [5, 5.41) is 3.07. The second-order valence-electron chi connectivity index (χ2n) is 4.00. The van der Waals surface area contributed by atoms with Crippen LogP contribution in [-0.4, -0.2) is 10.9 Å². The third kappa shape index (κ3) is 2.93. The third-order valence-corrected chi connectivity index (χ3v) is 4.13. The van der Waals surface area contributed by atoms with E-state index in [1.165, 1.54) is 12.1 Å². The Morgan fingerprint density at radius 1 is 1.47 bits per heavy atom. The first-order valence-corrected chi connectivity index (χ1v) is 6.99. The Hall–Kier alpha value is -1.47. The Morgan fingerprint density at radius 2 is 2.16 bits per heavy atom. The first kappa shape index (κ1) is 14.0. The van der Waals surface area contributed by atoms with Crippen LogP contribution in [0.3, 0.4) is 0 Å². The lowest BCUT2D eigenvalue weighted by Crippen LogP contribution is -2.12. The zero-order chi connectivity index (χ0) is 14.2. The molecule has 2 rings (SSSR count). The van der Waals surface area contributed by atoms with Gasteiger partial charge in [0.15, 0.2) is 5.13 Å². The Bertz CT molecular complexity index is 657. The molecule has 19 heavy (non-hydrogen) atoms. The summed E-state index contributed by atoms with van der Waals surface area (Å²) in [6, 6.07) is 2.88. The molecule has 1 aromatic carbocycles. The van der Waals surface area contributed by atoms with E-state index in [1.54, 1.807) is 13.8 Å². The molecule has 0 atom stereocenters. The van der Waals surface area contributed by atoms with Gasteiger partial charge in [-0.2, -0.15) is 0 Å². The maximum absolute atomic E-state index is 13.3. The molecule has 100 valence electrons. The predicted molar refractivity (Wildman–Crippen MR) is 78.1 cm³/mol. The van der Waals surface area contributed by atoms with E-state index >= 15 is 0 Å². The number of nitrogens with zero attached hydrogens (tertiary/aromatic N) is 1. The molecule has 0 fully saturated rings. The number of nitrogens with two attached hydrogens (primary N) is 1. The van der Waals surface area contributed by atoms with Gasteiger partial charge in [-0.25, -0.2) is 9.37 Å². The fraction of sp³-hybridized carbons (Fsp3) is 0.167. The largest absolute Gasteiger partial charge is 0.375 e. The molecule has 0 spiro atoms. The van der Waals surface area contributed by atoms with Crippen molar-refractivity contribution in [3.8, 4) is 0 Å². The number of aryl methyl sites for hydroxylation is 2. The van der Waals surface area contributed by atoms with Crippen LogP contribution in [0, 0.1) is 19.7 Å². The number of aromatic nitrogens is 1. The summed E-state index contributed by atoms with van der Waals surface area (Å²) in [5.74, 6) is -0.665. The molecule has 0 saturated carbocycles. The first-order chi connectivity index (χ1) is 8.88. The van der Waals surface area contributed by atoms with Crippen molar-refractivity contribution in [2.24, 2.45) is 0 Å². The predicted octanol–water partition coefficient (Wildman–Crippen LogP) is 3.50. The second kappa shape index (κ2) is 5.26. The normalized spacial score (nSPS) is 10.5. The SMILES string of the molecule is Cc1cc(F)c(Br)cc1NC(=O)c1sc(N)nc1C. The molecule has 3 N–H and O–H groups in total. The van der Waals surface area contributed by atoms with Crippen LogP contribution >= 0.6 is 27.3 Å². The molecule has 0 aliphatic heterocycles. The van der Waals surface area contributed by atoms with Gasteiger partial charge in [-0.1, -0.05) is 11.3 Å². The highest BCUT2D eigenvalue weighted by atomic mass is 79.9. The van der Waals surface area contributed by atoms with Gasteiger partial charge in [-0.3, -0.25) is 4.79 Å². The molecule has 0 aliphatic carbocycles. The average molecular weight is 344 g/mol. The maximum Gasteiger partial charge on any atom is 0.267 e. The molecular weight excluding hydrogens is 333 g/mol. The highest BCUT2D eigenvalue weighted by molar-refractivity contribution is 9.10. The number of carbonyl (C=O) groups is 1. The van der Waals surface area contributed by atoms with Gasteiger partial charge in [-0.05, 0) is 47.5 Å². The molecule has 0 bridgehead atoms. The van der Waals surface area contributed by atoms with Gasteiger partial charge < -0.3 is 11.1 Å². The number of carbonyl (C=O) groups excluding carboxylic acids is 1. The fourth-order valence-electron chi connectivity index (χ4n) is 1.59. The Kier molecular flexibility index (Phi) is 3.86. The van der Waals surface area contributed by atoms with E-state index < -0.39 is 0 Å². The third-order valence-electron chi connectivity index (χ3n) is 2.53. The molecule has 2 aromatic rings. The Labute approximate surface area is 122 Å². The van der Waals surface area contributed by atoms with Gasteiger partial charge in [0.1, 0.15) is 10.7 Å². The van der Waals surface area contributed by atoms with E-state index in [1.807, 2.05) is 0 Å². The molecule has 1 heterocycles. The number of benzene rings is 1. The zero-order valence-corrected chi connectivity index (χ0v) is 12.7. The minimum Gasteiger partial charge on any atom is -0.375 e. The maximum atomic E-state index is 13.3. The van der Waals surface area contributed by atoms with Gasteiger partial charge >= 0.3 is 0 Å². The van der Waals surface area contributed by atoms with Crippen molar-refractivity contribution < 1.29 is 9.18 Å². The van der Waals surface area contributed by atoms with Crippen molar-refractivity contribution in [1.82, 2.24) is 4.98 Å². The molecule has 1 amide bonds. The number of amides is 1. The van der Waals surface area contributed by atoms with Crippen molar-refractivity contribution in [2.45, 2.75) is 13.8 Å². The Morgan fingerprint density at radius 3 is 2.74 bits per heavy atom. The van der Waals surface area contributed by atoms with Crippen LogP contribution in [0.1, 0.15) is 20.9 Å². The second-order valence-corrected chi connectivity index (χ2v) is 5.89. The number of halogens is 2.